The first-order valence-electron chi connectivity index (χ1n) is 14.5. The normalized spacial score (nSPS) is 22.4. The summed E-state index contributed by atoms with van der Waals surface area (Å²) in [5, 5.41) is 5.80. The Kier molecular flexibility index (Phi) is 13.2. The van der Waals surface area contributed by atoms with Crippen LogP contribution in [0.1, 0.15) is 37.3 Å². The molecule has 1 aliphatic rings. The molecule has 0 radical (unpaired) electrons. The monoisotopic (exact) mass is 665 g/mol. The SMILES string of the molecule is CCCC[C@H]1C(=O)N[C@@H](Cc2ccc(Cl)cc2)C(=O)N(C)[C@@H](Cc2cc(F)cc(F)c2)C(=O)N[C@H](C(N)=O)CSCC(=O)N1C. The maximum Gasteiger partial charge on any atom is 0.245 e. The van der Waals surface area contributed by atoms with Crippen molar-refractivity contribution in [2.75, 3.05) is 25.6 Å². The zero-order valence-corrected chi connectivity index (χ0v) is 26.9. The zero-order valence-electron chi connectivity index (χ0n) is 25.4. The van der Waals surface area contributed by atoms with Crippen LogP contribution in [0.4, 0.5) is 8.78 Å². The van der Waals surface area contributed by atoms with Crippen LogP contribution in [0.15, 0.2) is 42.5 Å². The predicted octanol–water partition coefficient (Wildman–Crippen LogP) is 2.45. The van der Waals surface area contributed by atoms with E-state index in [2.05, 4.69) is 10.6 Å². The fourth-order valence-corrected chi connectivity index (χ4v) is 6.09. The lowest BCUT2D eigenvalue weighted by Gasteiger charge is -2.33. The lowest BCUT2D eigenvalue weighted by molar-refractivity contribution is -0.143. The molecule has 14 heteroatoms. The molecule has 1 saturated heterocycles. The van der Waals surface area contributed by atoms with Gasteiger partial charge in [-0.25, -0.2) is 8.78 Å². The maximum absolute atomic E-state index is 14.1. The lowest BCUT2D eigenvalue weighted by Crippen LogP contribution is -2.59. The molecule has 1 aliphatic heterocycles. The van der Waals surface area contributed by atoms with Crippen molar-refractivity contribution in [1.82, 2.24) is 20.4 Å². The largest absolute Gasteiger partial charge is 0.368 e. The lowest BCUT2D eigenvalue weighted by atomic mass is 9.99. The van der Waals surface area contributed by atoms with Gasteiger partial charge in [0.15, 0.2) is 0 Å². The fourth-order valence-electron chi connectivity index (χ4n) is 4.98. The molecule has 45 heavy (non-hydrogen) atoms. The minimum absolute atomic E-state index is 0.00688. The molecule has 5 amide bonds. The number of rotatable bonds is 8. The number of primary amides is 1. The number of halogens is 3. The van der Waals surface area contributed by atoms with Crippen LogP contribution in [0.3, 0.4) is 0 Å². The average molecular weight is 666 g/mol. The standard InChI is InChI=1S/C31H38ClF2N5O5S/c1-4-5-6-25-29(42)36-23(13-18-7-9-20(32)10-8-18)31(44)39(3)26(14-19-11-21(33)15-22(34)12-19)30(43)37-24(28(35)41)16-45-17-27(40)38(25)2/h7-12,15,23-26H,4-6,13-14,16-17H2,1-3H3,(H2,35,41)(H,36,42)(H,37,43)/t23-,24-,25-,26-/m0/s1. The van der Waals surface area contributed by atoms with Crippen molar-refractivity contribution in [1.29, 1.82) is 0 Å². The van der Waals surface area contributed by atoms with Crippen LogP contribution in [0.25, 0.3) is 0 Å². The molecule has 2 aromatic rings. The topological polar surface area (TPSA) is 142 Å². The summed E-state index contributed by atoms with van der Waals surface area (Å²) < 4.78 is 28.2. The molecule has 244 valence electrons. The molecule has 3 rings (SSSR count). The number of thioether (sulfide) groups is 1. The second-order valence-electron chi connectivity index (χ2n) is 11.0. The number of hydrogen-bond donors (Lipinski definition) is 3. The van der Waals surface area contributed by atoms with Crippen LogP contribution < -0.4 is 16.4 Å². The van der Waals surface area contributed by atoms with Crippen molar-refractivity contribution in [3.8, 4) is 0 Å². The van der Waals surface area contributed by atoms with E-state index in [-0.39, 0.29) is 35.8 Å². The number of amides is 5. The Morgan fingerprint density at radius 2 is 1.56 bits per heavy atom. The highest BCUT2D eigenvalue weighted by atomic mass is 35.5. The first-order chi connectivity index (χ1) is 21.3. The van der Waals surface area contributed by atoms with E-state index in [9.17, 15) is 32.8 Å². The van der Waals surface area contributed by atoms with Crippen LogP contribution in [0.2, 0.25) is 5.02 Å². The molecule has 0 unspecified atom stereocenters. The number of carbonyl (C=O) groups excluding carboxylic acids is 5. The van der Waals surface area contributed by atoms with Gasteiger partial charge in [0.05, 0.1) is 5.75 Å². The van der Waals surface area contributed by atoms with E-state index in [1.165, 1.54) is 19.0 Å². The van der Waals surface area contributed by atoms with Crippen molar-refractivity contribution < 1.29 is 32.8 Å². The highest BCUT2D eigenvalue weighted by molar-refractivity contribution is 8.00. The molecule has 0 aromatic heterocycles. The van der Waals surface area contributed by atoms with Crippen LogP contribution in [-0.2, 0) is 36.8 Å². The third-order valence-electron chi connectivity index (χ3n) is 7.60. The number of hydrogen-bond acceptors (Lipinski definition) is 6. The van der Waals surface area contributed by atoms with Crippen molar-refractivity contribution in [3.05, 3.63) is 70.2 Å². The molecule has 0 saturated carbocycles. The number of likely N-dealkylation sites (N-methyl/N-ethyl adjacent to an activating group) is 2. The summed E-state index contributed by atoms with van der Waals surface area (Å²) in [4.78, 5) is 69.4. The Hall–Kier alpha value is -3.71. The molecule has 1 heterocycles. The van der Waals surface area contributed by atoms with Gasteiger partial charge >= 0.3 is 0 Å². The smallest absolute Gasteiger partial charge is 0.245 e. The Morgan fingerprint density at radius 1 is 0.933 bits per heavy atom. The Balaban J connectivity index is 2.09. The van der Waals surface area contributed by atoms with Gasteiger partial charge < -0.3 is 26.2 Å². The van der Waals surface area contributed by atoms with E-state index in [1.807, 2.05) is 6.92 Å². The van der Waals surface area contributed by atoms with Gasteiger partial charge in [-0.15, -0.1) is 11.8 Å². The summed E-state index contributed by atoms with van der Waals surface area (Å²) >= 11 is 7.09. The summed E-state index contributed by atoms with van der Waals surface area (Å²) in [6.07, 6.45) is 1.42. The average Bonchev–Trinajstić information content (AvgIpc) is 2.98. The number of benzene rings is 2. The van der Waals surface area contributed by atoms with Crippen molar-refractivity contribution in [3.63, 3.8) is 0 Å². The number of nitrogens with two attached hydrogens (primary N) is 1. The summed E-state index contributed by atoms with van der Waals surface area (Å²) in [5.41, 5.74) is 6.29. The maximum atomic E-state index is 14.1. The summed E-state index contributed by atoms with van der Waals surface area (Å²) in [7, 11) is 2.84. The minimum Gasteiger partial charge on any atom is -0.368 e. The van der Waals surface area contributed by atoms with Gasteiger partial charge in [-0.3, -0.25) is 24.0 Å². The fraction of sp³-hybridized carbons (Fsp3) is 0.452. The molecule has 4 N–H and O–H groups in total. The van der Waals surface area contributed by atoms with E-state index in [1.54, 1.807) is 24.3 Å². The minimum atomic E-state index is -1.36. The van der Waals surface area contributed by atoms with Crippen molar-refractivity contribution in [2.45, 2.75) is 63.2 Å². The number of nitrogens with one attached hydrogen (secondary N) is 2. The highest BCUT2D eigenvalue weighted by Crippen LogP contribution is 2.19. The third-order valence-corrected chi connectivity index (χ3v) is 8.87. The van der Waals surface area contributed by atoms with Gasteiger partial charge in [-0.2, -0.15) is 0 Å². The van der Waals surface area contributed by atoms with E-state index in [0.29, 0.717) is 29.5 Å². The first kappa shape index (κ1) is 35.8. The second-order valence-corrected chi connectivity index (χ2v) is 12.4. The van der Waals surface area contributed by atoms with Gasteiger partial charge in [0.2, 0.25) is 29.5 Å². The van der Waals surface area contributed by atoms with E-state index >= 15 is 0 Å². The van der Waals surface area contributed by atoms with Crippen LogP contribution in [-0.4, -0.2) is 89.1 Å². The molecule has 10 nitrogen and oxygen atoms in total. The van der Waals surface area contributed by atoms with Crippen molar-refractivity contribution >= 4 is 52.9 Å². The Labute approximate surface area is 270 Å². The quantitative estimate of drug-likeness (QED) is 0.396. The van der Waals surface area contributed by atoms with Gasteiger partial charge in [-0.05, 0) is 41.8 Å². The Bertz CT molecular complexity index is 1380. The molecular formula is C31H38ClF2N5O5S. The van der Waals surface area contributed by atoms with Crippen molar-refractivity contribution in [2.24, 2.45) is 5.73 Å². The number of nitrogens with zero attached hydrogens (tertiary/aromatic N) is 2. The Morgan fingerprint density at radius 3 is 2.16 bits per heavy atom. The van der Waals surface area contributed by atoms with Gasteiger partial charge in [0.25, 0.3) is 0 Å². The molecule has 0 aliphatic carbocycles. The van der Waals surface area contributed by atoms with Gasteiger partial charge in [-0.1, -0.05) is 43.5 Å². The molecule has 1 fully saturated rings. The van der Waals surface area contributed by atoms with E-state index < -0.39 is 59.4 Å². The van der Waals surface area contributed by atoms with Crippen LogP contribution in [0, 0.1) is 11.6 Å². The molecule has 4 atom stereocenters. The summed E-state index contributed by atoms with van der Waals surface area (Å²) in [5.74, 6) is -5.22. The predicted molar refractivity (Wildman–Crippen MR) is 168 cm³/mol. The summed E-state index contributed by atoms with van der Waals surface area (Å²) in [6.45, 7) is 1.95. The molecule has 0 spiro atoms. The van der Waals surface area contributed by atoms with Crippen LogP contribution >= 0.6 is 23.4 Å². The summed E-state index contributed by atoms with van der Waals surface area (Å²) in [6, 6.07) is 4.72. The van der Waals surface area contributed by atoms with Gasteiger partial charge in [0, 0.05) is 43.8 Å². The number of carbonyl (C=O) groups is 5. The van der Waals surface area contributed by atoms with E-state index in [4.69, 9.17) is 17.3 Å². The first-order valence-corrected chi connectivity index (χ1v) is 16.0. The zero-order chi connectivity index (χ0) is 33.3. The highest BCUT2D eigenvalue weighted by Gasteiger charge is 2.36. The van der Waals surface area contributed by atoms with Gasteiger partial charge in [0.1, 0.15) is 35.8 Å². The second kappa shape index (κ2) is 16.6. The van der Waals surface area contributed by atoms with E-state index in [0.717, 1.165) is 35.2 Å². The van der Waals surface area contributed by atoms with Crippen LogP contribution in [0.5, 0.6) is 0 Å². The third kappa shape index (κ3) is 10.1. The molecule has 0 bridgehead atoms. The number of unbranched alkanes of at least 4 members (excludes halogenated alkanes) is 1. The molecular weight excluding hydrogens is 628 g/mol. The molecule has 2 aromatic carbocycles.